The lowest BCUT2D eigenvalue weighted by Crippen LogP contribution is -2.39. The van der Waals surface area contributed by atoms with Crippen molar-refractivity contribution < 1.29 is 16.8 Å². The van der Waals surface area contributed by atoms with Gasteiger partial charge in [0.25, 0.3) is 0 Å². The average molecular weight is 434 g/mol. The molecule has 0 bridgehead atoms. The van der Waals surface area contributed by atoms with Crippen LogP contribution in [-0.4, -0.2) is 33.7 Å². The van der Waals surface area contributed by atoms with Crippen molar-refractivity contribution >= 4 is 49.1 Å². The molecule has 0 radical (unpaired) electrons. The van der Waals surface area contributed by atoms with Gasteiger partial charge in [0.05, 0.1) is 23.3 Å². The van der Waals surface area contributed by atoms with Crippen molar-refractivity contribution in [2.45, 2.75) is 15.5 Å². The summed E-state index contributed by atoms with van der Waals surface area (Å²) in [7, 11) is -8.00. The quantitative estimate of drug-likeness (QED) is 0.748. The van der Waals surface area contributed by atoms with Crippen LogP contribution in [0.5, 0.6) is 0 Å². The summed E-state index contributed by atoms with van der Waals surface area (Å²) in [5, 5.41) is 7.94. The maximum absolute atomic E-state index is 12.8. The van der Waals surface area contributed by atoms with Crippen molar-refractivity contribution in [1.29, 1.82) is 0 Å². The standard InChI is InChI=1S/C15H16ClN3O4S3/c16-12-6-13-15(7-14(12)25(17,20)21)26(22,23)19(9-18-13)10-24-8-11-4-2-1-3-5-11/h1-7,18H,8-10H2,(H2,17,20,21). The summed E-state index contributed by atoms with van der Waals surface area (Å²) in [6.07, 6.45) is 0. The van der Waals surface area contributed by atoms with Crippen LogP contribution >= 0.6 is 23.4 Å². The number of nitrogens with zero attached hydrogens (tertiary/aromatic N) is 1. The Morgan fingerprint density at radius 3 is 2.58 bits per heavy atom. The third kappa shape index (κ3) is 4.00. The highest BCUT2D eigenvalue weighted by molar-refractivity contribution is 7.99. The van der Waals surface area contributed by atoms with Crippen LogP contribution in [-0.2, 0) is 25.8 Å². The van der Waals surface area contributed by atoms with Crippen LogP contribution in [0.1, 0.15) is 5.56 Å². The zero-order valence-electron chi connectivity index (χ0n) is 13.4. The van der Waals surface area contributed by atoms with Gasteiger partial charge in [0, 0.05) is 5.75 Å². The highest BCUT2D eigenvalue weighted by Gasteiger charge is 2.33. The van der Waals surface area contributed by atoms with Crippen LogP contribution < -0.4 is 10.5 Å². The zero-order valence-corrected chi connectivity index (χ0v) is 16.6. The second-order valence-electron chi connectivity index (χ2n) is 5.58. The Labute approximate surface area is 161 Å². The van der Waals surface area contributed by atoms with Gasteiger partial charge in [-0.3, -0.25) is 0 Å². The molecule has 1 heterocycles. The topological polar surface area (TPSA) is 110 Å². The van der Waals surface area contributed by atoms with E-state index in [4.69, 9.17) is 16.7 Å². The third-order valence-corrected chi connectivity index (χ3v) is 8.15. The van der Waals surface area contributed by atoms with Crippen LogP contribution in [0.2, 0.25) is 5.02 Å². The largest absolute Gasteiger partial charge is 0.370 e. The Kier molecular flexibility index (Phi) is 5.52. The van der Waals surface area contributed by atoms with E-state index in [0.29, 0.717) is 5.75 Å². The van der Waals surface area contributed by atoms with Crippen LogP contribution in [0.4, 0.5) is 5.69 Å². The fourth-order valence-electron chi connectivity index (χ4n) is 2.46. The van der Waals surface area contributed by atoms with E-state index in [1.54, 1.807) is 0 Å². The number of rotatable bonds is 5. The van der Waals surface area contributed by atoms with Crippen LogP contribution in [0.3, 0.4) is 0 Å². The first-order valence-electron chi connectivity index (χ1n) is 7.41. The summed E-state index contributed by atoms with van der Waals surface area (Å²) < 4.78 is 50.1. The van der Waals surface area contributed by atoms with Gasteiger partial charge in [0.2, 0.25) is 20.0 Å². The predicted octanol–water partition coefficient (Wildman–Crippen LogP) is 2.25. The molecule has 0 atom stereocenters. The first-order chi connectivity index (χ1) is 12.2. The zero-order chi connectivity index (χ0) is 18.9. The fraction of sp³-hybridized carbons (Fsp3) is 0.200. The van der Waals surface area contributed by atoms with Crippen LogP contribution in [0.15, 0.2) is 52.3 Å². The number of halogens is 1. The monoisotopic (exact) mass is 433 g/mol. The summed E-state index contributed by atoms with van der Waals surface area (Å²) in [5.41, 5.74) is 1.34. The Balaban J connectivity index is 1.83. The maximum atomic E-state index is 12.8. The Hall–Kier alpha value is -1.30. The Morgan fingerprint density at radius 2 is 1.92 bits per heavy atom. The van der Waals surface area contributed by atoms with Crippen LogP contribution in [0, 0.1) is 0 Å². The summed E-state index contributed by atoms with van der Waals surface area (Å²) in [4.78, 5) is -0.570. The van der Waals surface area contributed by atoms with Crippen molar-refractivity contribution in [1.82, 2.24) is 4.31 Å². The number of nitrogens with two attached hydrogens (primary N) is 1. The molecular formula is C15H16ClN3O4S3. The van der Waals surface area contributed by atoms with Crippen molar-refractivity contribution in [2.75, 3.05) is 17.9 Å². The Morgan fingerprint density at radius 1 is 1.23 bits per heavy atom. The van der Waals surface area contributed by atoms with E-state index in [-0.39, 0.29) is 28.2 Å². The number of thioether (sulfide) groups is 1. The van der Waals surface area contributed by atoms with Gasteiger partial charge in [0.1, 0.15) is 9.79 Å². The molecule has 11 heteroatoms. The molecule has 0 fully saturated rings. The van der Waals surface area contributed by atoms with Gasteiger partial charge in [-0.25, -0.2) is 22.0 Å². The number of benzene rings is 2. The molecule has 7 nitrogen and oxygen atoms in total. The molecule has 0 saturated heterocycles. The van der Waals surface area contributed by atoms with Crippen molar-refractivity contribution in [3.05, 3.63) is 53.1 Å². The minimum absolute atomic E-state index is 0.0716. The van der Waals surface area contributed by atoms with E-state index in [1.165, 1.54) is 22.1 Å². The van der Waals surface area contributed by atoms with E-state index in [2.05, 4.69) is 5.32 Å². The summed E-state index contributed by atoms with van der Waals surface area (Å²) >= 11 is 7.36. The van der Waals surface area contributed by atoms with E-state index < -0.39 is 24.9 Å². The normalized spacial score (nSPS) is 16.7. The minimum atomic E-state index is -4.14. The molecular weight excluding hydrogens is 418 g/mol. The summed E-state index contributed by atoms with van der Waals surface area (Å²) in [6, 6.07) is 12.0. The predicted molar refractivity (Wildman–Crippen MR) is 103 cm³/mol. The minimum Gasteiger partial charge on any atom is -0.370 e. The summed E-state index contributed by atoms with van der Waals surface area (Å²) in [6.45, 7) is 0.0716. The molecule has 0 amide bonds. The molecule has 140 valence electrons. The molecule has 3 N–H and O–H groups in total. The second-order valence-corrected chi connectivity index (χ2v) is 10.4. The Bertz CT molecular complexity index is 1030. The van der Waals surface area contributed by atoms with Crippen molar-refractivity contribution in [2.24, 2.45) is 5.14 Å². The smallest absolute Gasteiger partial charge is 0.247 e. The van der Waals surface area contributed by atoms with Gasteiger partial charge in [-0.05, 0) is 17.7 Å². The molecule has 2 aromatic carbocycles. The number of primary sulfonamides is 1. The van der Waals surface area contributed by atoms with Gasteiger partial charge in [0.15, 0.2) is 0 Å². The van der Waals surface area contributed by atoms with E-state index in [0.717, 1.165) is 11.6 Å². The third-order valence-electron chi connectivity index (χ3n) is 3.75. The van der Waals surface area contributed by atoms with Gasteiger partial charge in [-0.1, -0.05) is 41.9 Å². The summed E-state index contributed by atoms with van der Waals surface area (Å²) in [5.74, 6) is 0.875. The number of hydrogen-bond acceptors (Lipinski definition) is 6. The van der Waals surface area contributed by atoms with Gasteiger partial charge >= 0.3 is 0 Å². The highest BCUT2D eigenvalue weighted by atomic mass is 35.5. The SMILES string of the molecule is NS(=O)(=O)c1cc2c(cc1Cl)NCN(CSCc1ccccc1)S2(=O)=O. The first-order valence-corrected chi connectivity index (χ1v) is 11.9. The lowest BCUT2D eigenvalue weighted by molar-refractivity contribution is 0.472. The number of hydrogen-bond donors (Lipinski definition) is 2. The lowest BCUT2D eigenvalue weighted by Gasteiger charge is -2.29. The molecule has 26 heavy (non-hydrogen) atoms. The number of nitrogens with one attached hydrogen (secondary N) is 1. The highest BCUT2D eigenvalue weighted by Crippen LogP contribution is 2.35. The van der Waals surface area contributed by atoms with Gasteiger partial charge in [-0.15, -0.1) is 11.8 Å². The molecule has 2 aromatic rings. The second kappa shape index (κ2) is 7.37. The van der Waals surface area contributed by atoms with E-state index >= 15 is 0 Å². The van der Waals surface area contributed by atoms with E-state index in [9.17, 15) is 16.8 Å². The molecule has 0 unspecified atom stereocenters. The molecule has 0 spiro atoms. The maximum Gasteiger partial charge on any atom is 0.247 e. The molecule has 0 saturated carbocycles. The first kappa shape index (κ1) is 19.5. The van der Waals surface area contributed by atoms with Crippen molar-refractivity contribution in [3.63, 3.8) is 0 Å². The van der Waals surface area contributed by atoms with Crippen LogP contribution in [0.25, 0.3) is 0 Å². The fourth-order valence-corrected chi connectivity index (χ4v) is 6.41. The van der Waals surface area contributed by atoms with Gasteiger partial charge in [-0.2, -0.15) is 4.31 Å². The number of fused-ring (bicyclic) bond motifs is 1. The molecule has 3 rings (SSSR count). The molecule has 0 aromatic heterocycles. The number of sulfonamides is 2. The molecule has 1 aliphatic rings. The van der Waals surface area contributed by atoms with E-state index in [1.807, 2.05) is 30.3 Å². The number of anilines is 1. The van der Waals surface area contributed by atoms with Gasteiger partial charge < -0.3 is 5.32 Å². The molecule has 0 aliphatic carbocycles. The average Bonchev–Trinajstić information content (AvgIpc) is 2.56. The molecule has 1 aliphatic heterocycles. The lowest BCUT2D eigenvalue weighted by atomic mass is 10.2. The van der Waals surface area contributed by atoms with Crippen molar-refractivity contribution in [3.8, 4) is 0 Å².